The molecule has 4 nitrogen and oxygen atoms in total. The summed E-state index contributed by atoms with van der Waals surface area (Å²) >= 11 is 3.26. The number of hydrogen-bond donors (Lipinski definition) is 1. The predicted molar refractivity (Wildman–Crippen MR) is 63.1 cm³/mol. The highest BCUT2D eigenvalue weighted by Crippen LogP contribution is 2.15. The molecule has 0 saturated heterocycles. The first kappa shape index (κ1) is 12.7. The number of methoxy groups -OCH3 is 1. The van der Waals surface area contributed by atoms with E-state index in [2.05, 4.69) is 26.0 Å². The number of ether oxygens (including phenoxy) is 1. The minimum absolute atomic E-state index is 0.314. The lowest BCUT2D eigenvalue weighted by Crippen LogP contribution is -2.39. The van der Waals surface area contributed by atoms with Crippen LogP contribution in [0.2, 0.25) is 0 Å². The molecule has 1 N–H and O–H groups in total. The fraction of sp³-hybridized carbons (Fsp3) is 0.273. The van der Waals surface area contributed by atoms with Crippen LogP contribution in [0.1, 0.15) is 17.3 Å². The molecule has 1 unspecified atom stereocenters. The normalized spacial score (nSPS) is 11.7. The lowest BCUT2D eigenvalue weighted by Gasteiger charge is -2.12. The van der Waals surface area contributed by atoms with Crippen molar-refractivity contribution in [3.05, 3.63) is 34.3 Å². The molecular weight excluding hydrogens is 274 g/mol. The highest BCUT2D eigenvalue weighted by Gasteiger charge is 2.17. The van der Waals surface area contributed by atoms with Crippen LogP contribution in [0.5, 0.6) is 0 Å². The Morgan fingerprint density at radius 2 is 2.00 bits per heavy atom. The summed E-state index contributed by atoms with van der Waals surface area (Å²) in [4.78, 5) is 22.9. The Hall–Kier alpha value is -1.36. The third-order valence-electron chi connectivity index (χ3n) is 2.02. The number of esters is 1. The molecule has 0 bridgehead atoms. The Morgan fingerprint density at radius 3 is 2.56 bits per heavy atom. The Labute approximate surface area is 102 Å². The monoisotopic (exact) mass is 285 g/mol. The van der Waals surface area contributed by atoms with Crippen molar-refractivity contribution in [1.82, 2.24) is 5.32 Å². The van der Waals surface area contributed by atoms with E-state index in [4.69, 9.17) is 0 Å². The summed E-state index contributed by atoms with van der Waals surface area (Å²) in [5, 5.41) is 2.54. The zero-order valence-corrected chi connectivity index (χ0v) is 10.6. The molecule has 0 radical (unpaired) electrons. The smallest absolute Gasteiger partial charge is 0.328 e. The number of hydrogen-bond acceptors (Lipinski definition) is 3. The van der Waals surface area contributed by atoms with E-state index in [0.717, 1.165) is 0 Å². The lowest BCUT2D eigenvalue weighted by atomic mass is 10.2. The van der Waals surface area contributed by atoms with Gasteiger partial charge in [-0.15, -0.1) is 0 Å². The van der Waals surface area contributed by atoms with E-state index in [1.165, 1.54) is 7.11 Å². The molecule has 0 aromatic heterocycles. The van der Waals surface area contributed by atoms with Gasteiger partial charge in [0.25, 0.3) is 5.91 Å². The van der Waals surface area contributed by atoms with Gasteiger partial charge in [0.1, 0.15) is 6.04 Å². The topological polar surface area (TPSA) is 55.4 Å². The molecule has 0 heterocycles. The minimum atomic E-state index is -0.662. The number of carbonyl (C=O) groups is 2. The molecule has 1 amide bonds. The van der Waals surface area contributed by atoms with Gasteiger partial charge in [-0.05, 0) is 35.0 Å². The largest absolute Gasteiger partial charge is 0.467 e. The molecule has 1 atom stereocenters. The first-order valence-electron chi connectivity index (χ1n) is 4.69. The van der Waals surface area contributed by atoms with Crippen molar-refractivity contribution >= 4 is 27.8 Å². The average molecular weight is 286 g/mol. The van der Waals surface area contributed by atoms with Crippen LogP contribution in [-0.4, -0.2) is 25.0 Å². The zero-order valence-electron chi connectivity index (χ0n) is 8.99. The van der Waals surface area contributed by atoms with Gasteiger partial charge in [0.05, 0.1) is 12.7 Å². The average Bonchev–Trinajstić information content (AvgIpc) is 2.28. The summed E-state index contributed by atoms with van der Waals surface area (Å²) in [5.74, 6) is -0.786. The highest BCUT2D eigenvalue weighted by atomic mass is 79.9. The summed E-state index contributed by atoms with van der Waals surface area (Å²) in [5.41, 5.74) is 0.484. The Morgan fingerprint density at radius 1 is 1.38 bits per heavy atom. The number of halogens is 1. The fourth-order valence-corrected chi connectivity index (χ4v) is 1.62. The molecule has 86 valence electrons. The quantitative estimate of drug-likeness (QED) is 0.861. The van der Waals surface area contributed by atoms with Crippen molar-refractivity contribution in [3.8, 4) is 0 Å². The van der Waals surface area contributed by atoms with Crippen molar-refractivity contribution in [2.24, 2.45) is 0 Å². The van der Waals surface area contributed by atoms with E-state index in [0.29, 0.717) is 10.0 Å². The molecule has 0 aliphatic heterocycles. The van der Waals surface area contributed by atoms with Crippen LogP contribution in [0.4, 0.5) is 0 Å². The summed E-state index contributed by atoms with van der Waals surface area (Å²) in [6.45, 7) is 1.57. The van der Waals surface area contributed by atoms with Gasteiger partial charge >= 0.3 is 5.97 Å². The number of benzene rings is 1. The van der Waals surface area contributed by atoms with E-state index >= 15 is 0 Å². The van der Waals surface area contributed by atoms with Gasteiger partial charge in [0.15, 0.2) is 0 Å². The van der Waals surface area contributed by atoms with Crippen molar-refractivity contribution in [3.63, 3.8) is 0 Å². The van der Waals surface area contributed by atoms with Crippen LogP contribution in [0.3, 0.4) is 0 Å². The Bertz CT molecular complexity index is 406. The van der Waals surface area contributed by atoms with Crippen molar-refractivity contribution < 1.29 is 14.3 Å². The minimum Gasteiger partial charge on any atom is -0.467 e. The van der Waals surface area contributed by atoms with E-state index < -0.39 is 12.0 Å². The summed E-state index contributed by atoms with van der Waals surface area (Å²) in [6, 6.07) is 6.33. The second kappa shape index (κ2) is 5.65. The Balaban J connectivity index is 2.73. The summed E-state index contributed by atoms with van der Waals surface area (Å²) in [7, 11) is 1.28. The third kappa shape index (κ3) is 3.06. The maximum absolute atomic E-state index is 11.7. The first-order chi connectivity index (χ1) is 7.56. The molecule has 5 heteroatoms. The van der Waals surface area contributed by atoms with Gasteiger partial charge in [-0.25, -0.2) is 4.79 Å². The number of nitrogens with one attached hydrogen (secondary N) is 1. The number of carbonyl (C=O) groups excluding carboxylic acids is 2. The van der Waals surface area contributed by atoms with Crippen LogP contribution in [0.15, 0.2) is 28.7 Å². The van der Waals surface area contributed by atoms with Gasteiger partial charge in [-0.1, -0.05) is 12.1 Å². The molecule has 0 aliphatic rings. The van der Waals surface area contributed by atoms with E-state index in [-0.39, 0.29) is 5.91 Å². The van der Waals surface area contributed by atoms with E-state index in [1.807, 2.05) is 6.07 Å². The van der Waals surface area contributed by atoms with E-state index in [9.17, 15) is 9.59 Å². The molecular formula is C11H12BrNO3. The number of rotatable bonds is 3. The van der Waals surface area contributed by atoms with Crippen molar-refractivity contribution in [2.75, 3.05) is 7.11 Å². The third-order valence-corrected chi connectivity index (χ3v) is 2.71. The molecule has 0 saturated carbocycles. The predicted octanol–water partition coefficient (Wildman–Crippen LogP) is 1.74. The molecule has 1 aromatic rings. The Kier molecular flexibility index (Phi) is 4.49. The molecule has 0 aliphatic carbocycles. The molecule has 0 spiro atoms. The van der Waals surface area contributed by atoms with Crippen LogP contribution in [0, 0.1) is 0 Å². The van der Waals surface area contributed by atoms with Gasteiger partial charge in [-0.3, -0.25) is 4.79 Å². The number of amides is 1. The maximum Gasteiger partial charge on any atom is 0.328 e. The maximum atomic E-state index is 11.7. The summed E-state index contributed by atoms with van der Waals surface area (Å²) < 4.78 is 5.20. The van der Waals surface area contributed by atoms with Crippen LogP contribution in [-0.2, 0) is 9.53 Å². The molecule has 1 aromatic carbocycles. The van der Waals surface area contributed by atoms with E-state index in [1.54, 1.807) is 25.1 Å². The van der Waals surface area contributed by atoms with Crippen molar-refractivity contribution in [2.45, 2.75) is 13.0 Å². The second-order valence-electron chi connectivity index (χ2n) is 3.20. The molecule has 0 fully saturated rings. The molecule has 16 heavy (non-hydrogen) atoms. The molecule has 1 rings (SSSR count). The van der Waals surface area contributed by atoms with Crippen LogP contribution in [0.25, 0.3) is 0 Å². The second-order valence-corrected chi connectivity index (χ2v) is 4.05. The zero-order chi connectivity index (χ0) is 12.1. The summed E-state index contributed by atoms with van der Waals surface area (Å²) in [6.07, 6.45) is 0. The van der Waals surface area contributed by atoms with Crippen LogP contribution < -0.4 is 5.32 Å². The highest BCUT2D eigenvalue weighted by molar-refractivity contribution is 9.10. The van der Waals surface area contributed by atoms with Gasteiger partial charge in [0.2, 0.25) is 0 Å². The SMILES string of the molecule is COC(=O)C(C)NC(=O)c1ccccc1Br. The fourth-order valence-electron chi connectivity index (χ4n) is 1.16. The first-order valence-corrected chi connectivity index (χ1v) is 5.48. The van der Waals surface area contributed by atoms with Crippen molar-refractivity contribution in [1.29, 1.82) is 0 Å². The standard InChI is InChI=1S/C11H12BrNO3/c1-7(11(15)16-2)13-10(14)8-5-3-4-6-9(8)12/h3-7H,1-2H3,(H,13,14). The van der Waals surface area contributed by atoms with Gasteiger partial charge in [0, 0.05) is 4.47 Å². The van der Waals surface area contributed by atoms with Gasteiger partial charge in [-0.2, -0.15) is 0 Å². The lowest BCUT2D eigenvalue weighted by molar-refractivity contribution is -0.142. The van der Waals surface area contributed by atoms with Crippen LogP contribution >= 0.6 is 15.9 Å². The van der Waals surface area contributed by atoms with Gasteiger partial charge < -0.3 is 10.1 Å².